The molecule has 0 amide bonds. The molecule has 0 spiro atoms. The van der Waals surface area contributed by atoms with Crippen LogP contribution in [0.3, 0.4) is 0 Å². The van der Waals surface area contributed by atoms with E-state index in [4.69, 9.17) is 11.6 Å². The van der Waals surface area contributed by atoms with Gasteiger partial charge in [0.2, 0.25) is 0 Å². The Balaban J connectivity index is 2.79. The number of halogens is 1. The van der Waals surface area contributed by atoms with Crippen molar-refractivity contribution in [2.24, 2.45) is 0 Å². The van der Waals surface area contributed by atoms with Crippen LogP contribution in [0.15, 0.2) is 24.3 Å². The number of alkyl halides is 1. The molecule has 0 heterocycles. The summed E-state index contributed by atoms with van der Waals surface area (Å²) in [5.74, 6) is 1.25. The number of rotatable bonds is 5. The lowest BCUT2D eigenvalue weighted by molar-refractivity contribution is 0.656. The van der Waals surface area contributed by atoms with Crippen LogP contribution >= 0.6 is 11.6 Å². The minimum Gasteiger partial charge on any atom is -0.312 e. The topological polar surface area (TPSA) is 12.0 Å². The average molecular weight is 226 g/mol. The molecule has 0 saturated carbocycles. The van der Waals surface area contributed by atoms with Crippen LogP contribution in [-0.2, 0) is 0 Å². The minimum atomic E-state index is 0.262. The predicted octanol–water partition coefficient (Wildman–Crippen LogP) is 3.70. The Morgan fingerprint density at radius 3 is 2.13 bits per heavy atom. The van der Waals surface area contributed by atoms with E-state index in [1.807, 2.05) is 7.05 Å². The highest BCUT2D eigenvalue weighted by molar-refractivity contribution is 6.18. The largest absolute Gasteiger partial charge is 0.312 e. The van der Waals surface area contributed by atoms with Crippen molar-refractivity contribution in [1.29, 1.82) is 0 Å². The van der Waals surface area contributed by atoms with Gasteiger partial charge >= 0.3 is 0 Å². The van der Waals surface area contributed by atoms with Gasteiger partial charge in [0.25, 0.3) is 0 Å². The summed E-state index contributed by atoms with van der Waals surface area (Å²) in [6.07, 6.45) is 1.18. The van der Waals surface area contributed by atoms with Gasteiger partial charge in [0.15, 0.2) is 0 Å². The monoisotopic (exact) mass is 225 g/mol. The summed E-state index contributed by atoms with van der Waals surface area (Å²) >= 11 is 5.87. The summed E-state index contributed by atoms with van der Waals surface area (Å²) in [6, 6.07) is 9.02. The van der Waals surface area contributed by atoms with Crippen LogP contribution in [0.25, 0.3) is 0 Å². The predicted molar refractivity (Wildman–Crippen MR) is 67.7 cm³/mol. The van der Waals surface area contributed by atoms with E-state index in [1.165, 1.54) is 17.5 Å². The van der Waals surface area contributed by atoms with Gasteiger partial charge in [-0.05, 0) is 30.5 Å². The van der Waals surface area contributed by atoms with E-state index in [1.54, 1.807) is 0 Å². The van der Waals surface area contributed by atoms with Gasteiger partial charge < -0.3 is 5.32 Å². The number of hydrogen-bond acceptors (Lipinski definition) is 1. The second kappa shape index (κ2) is 6.14. The van der Waals surface area contributed by atoms with E-state index < -0.39 is 0 Å². The smallest absolute Gasteiger partial charge is 0.0455 e. The molecule has 0 fully saturated rings. The van der Waals surface area contributed by atoms with E-state index in [-0.39, 0.29) is 6.04 Å². The molecule has 0 radical (unpaired) electrons. The lowest BCUT2D eigenvalue weighted by Gasteiger charge is -2.15. The van der Waals surface area contributed by atoms with Crippen molar-refractivity contribution in [2.75, 3.05) is 12.9 Å². The lowest BCUT2D eigenvalue weighted by Crippen LogP contribution is -2.17. The third-order valence-corrected chi connectivity index (χ3v) is 3.33. The van der Waals surface area contributed by atoms with Crippen LogP contribution in [0.1, 0.15) is 43.4 Å². The van der Waals surface area contributed by atoms with E-state index in [0.717, 1.165) is 0 Å². The standard InChI is InChI=1S/C13H20ClN/c1-4-10(2)11-5-7-12(8-6-11)13(9-14)15-3/h5-8,10,13,15H,4,9H2,1-3H3. The second-order valence-corrected chi connectivity index (χ2v) is 4.28. The first-order chi connectivity index (χ1) is 7.22. The third-order valence-electron chi connectivity index (χ3n) is 3.02. The molecule has 1 aromatic rings. The molecule has 15 heavy (non-hydrogen) atoms. The summed E-state index contributed by atoms with van der Waals surface area (Å²) in [6.45, 7) is 4.47. The number of benzene rings is 1. The van der Waals surface area contributed by atoms with Crippen molar-refractivity contribution in [1.82, 2.24) is 5.32 Å². The molecule has 0 aliphatic carbocycles. The van der Waals surface area contributed by atoms with Gasteiger partial charge in [0.1, 0.15) is 0 Å². The average Bonchev–Trinajstić information content (AvgIpc) is 2.30. The summed E-state index contributed by atoms with van der Waals surface area (Å²) in [4.78, 5) is 0. The molecule has 2 unspecified atom stereocenters. The van der Waals surface area contributed by atoms with Gasteiger partial charge in [-0.1, -0.05) is 38.1 Å². The molecule has 0 bridgehead atoms. The Bertz CT molecular complexity index is 277. The first-order valence-electron chi connectivity index (χ1n) is 5.56. The molecule has 2 heteroatoms. The summed E-state index contributed by atoms with van der Waals surface area (Å²) < 4.78 is 0. The van der Waals surface area contributed by atoms with E-state index >= 15 is 0 Å². The Morgan fingerprint density at radius 1 is 1.20 bits per heavy atom. The normalized spacial score (nSPS) is 14.9. The molecule has 2 atom stereocenters. The van der Waals surface area contributed by atoms with Gasteiger partial charge in [0.05, 0.1) is 0 Å². The minimum absolute atomic E-state index is 0.262. The van der Waals surface area contributed by atoms with Crippen LogP contribution < -0.4 is 5.32 Å². The van der Waals surface area contributed by atoms with E-state index in [0.29, 0.717) is 11.8 Å². The molecule has 0 saturated heterocycles. The molecule has 84 valence electrons. The zero-order valence-electron chi connectivity index (χ0n) is 9.76. The highest BCUT2D eigenvalue weighted by atomic mass is 35.5. The van der Waals surface area contributed by atoms with Crippen molar-refractivity contribution >= 4 is 11.6 Å². The van der Waals surface area contributed by atoms with Crippen molar-refractivity contribution in [3.63, 3.8) is 0 Å². The summed E-state index contributed by atoms with van der Waals surface area (Å²) in [5, 5.41) is 3.20. The van der Waals surface area contributed by atoms with Crippen LogP contribution in [0.4, 0.5) is 0 Å². The van der Waals surface area contributed by atoms with Gasteiger partial charge in [0, 0.05) is 11.9 Å². The van der Waals surface area contributed by atoms with Crippen molar-refractivity contribution in [3.05, 3.63) is 35.4 Å². The molecule has 0 aliphatic heterocycles. The molecule has 0 aliphatic rings. The maximum absolute atomic E-state index is 5.87. The lowest BCUT2D eigenvalue weighted by atomic mass is 9.96. The molecule has 1 N–H and O–H groups in total. The second-order valence-electron chi connectivity index (χ2n) is 3.97. The summed E-state index contributed by atoms with van der Waals surface area (Å²) in [5.41, 5.74) is 2.67. The van der Waals surface area contributed by atoms with Gasteiger partial charge in [-0.2, -0.15) is 0 Å². The fourth-order valence-electron chi connectivity index (χ4n) is 1.63. The van der Waals surface area contributed by atoms with Crippen LogP contribution in [-0.4, -0.2) is 12.9 Å². The van der Waals surface area contributed by atoms with Gasteiger partial charge in [-0.25, -0.2) is 0 Å². The van der Waals surface area contributed by atoms with Crippen molar-refractivity contribution in [2.45, 2.75) is 32.2 Å². The molecule has 0 aromatic heterocycles. The van der Waals surface area contributed by atoms with Gasteiger partial charge in [-0.15, -0.1) is 11.6 Å². The SMILES string of the molecule is CCC(C)c1ccc(C(CCl)NC)cc1. The van der Waals surface area contributed by atoms with Gasteiger partial charge in [-0.3, -0.25) is 0 Å². The highest BCUT2D eigenvalue weighted by Crippen LogP contribution is 2.21. The number of hydrogen-bond donors (Lipinski definition) is 1. The first-order valence-corrected chi connectivity index (χ1v) is 6.09. The molecular weight excluding hydrogens is 206 g/mol. The van der Waals surface area contributed by atoms with Crippen LogP contribution in [0.2, 0.25) is 0 Å². The Kier molecular flexibility index (Phi) is 5.13. The fraction of sp³-hybridized carbons (Fsp3) is 0.538. The first kappa shape index (κ1) is 12.5. The fourth-order valence-corrected chi connectivity index (χ4v) is 1.96. The van der Waals surface area contributed by atoms with Crippen molar-refractivity contribution < 1.29 is 0 Å². The third kappa shape index (κ3) is 3.22. The Labute approximate surface area is 97.8 Å². The van der Waals surface area contributed by atoms with E-state index in [9.17, 15) is 0 Å². The van der Waals surface area contributed by atoms with Crippen LogP contribution in [0.5, 0.6) is 0 Å². The highest BCUT2D eigenvalue weighted by Gasteiger charge is 2.08. The zero-order valence-corrected chi connectivity index (χ0v) is 10.5. The van der Waals surface area contributed by atoms with Crippen LogP contribution in [0, 0.1) is 0 Å². The molecule has 1 aromatic carbocycles. The molecular formula is C13H20ClN. The quantitative estimate of drug-likeness (QED) is 0.754. The molecule has 1 nitrogen and oxygen atoms in total. The van der Waals surface area contributed by atoms with E-state index in [2.05, 4.69) is 43.4 Å². The Morgan fingerprint density at radius 2 is 1.73 bits per heavy atom. The van der Waals surface area contributed by atoms with Crippen molar-refractivity contribution in [3.8, 4) is 0 Å². The number of nitrogens with one attached hydrogen (secondary N) is 1. The zero-order chi connectivity index (χ0) is 11.3. The molecule has 1 rings (SSSR count). The summed E-state index contributed by atoms with van der Waals surface area (Å²) in [7, 11) is 1.94. The Hall–Kier alpha value is -0.530. The maximum atomic E-state index is 5.87. The maximum Gasteiger partial charge on any atom is 0.0455 e.